The number of aromatic nitrogens is 2. The van der Waals surface area contributed by atoms with Gasteiger partial charge in [-0.1, -0.05) is 23.4 Å². The van der Waals surface area contributed by atoms with E-state index in [4.69, 9.17) is 16.3 Å². The Balaban J connectivity index is 2.23. The van der Waals surface area contributed by atoms with Crippen LogP contribution >= 0.6 is 46.0 Å². The molecular weight excluding hydrogens is 371 g/mol. The number of rotatable bonds is 3. The first kappa shape index (κ1) is 12.9. The largest absolute Gasteiger partial charge is 0.439 e. The van der Waals surface area contributed by atoms with Gasteiger partial charge < -0.3 is 4.74 Å². The Morgan fingerprint density at radius 2 is 1.94 bits per heavy atom. The Labute approximate surface area is 122 Å². The maximum Gasteiger partial charge on any atom is 0.224 e. The Hall–Kier alpha value is -0.530. The monoisotopic (exact) mass is 378 g/mol. The predicted molar refractivity (Wildman–Crippen MR) is 78.1 cm³/mol. The van der Waals surface area contributed by atoms with E-state index in [1.54, 1.807) is 6.07 Å². The van der Waals surface area contributed by atoms with Crippen LogP contribution < -0.4 is 4.74 Å². The van der Waals surface area contributed by atoms with Crippen molar-refractivity contribution < 1.29 is 4.74 Å². The molecular formula is C11H8ClIN2OS. The van der Waals surface area contributed by atoms with Crippen LogP contribution in [0.3, 0.4) is 0 Å². The van der Waals surface area contributed by atoms with Crippen molar-refractivity contribution in [1.82, 2.24) is 9.97 Å². The second-order valence-electron chi connectivity index (χ2n) is 3.07. The second kappa shape index (κ2) is 5.88. The number of nitrogens with zero attached hydrogens (tertiary/aromatic N) is 2. The highest BCUT2D eigenvalue weighted by atomic mass is 127. The van der Waals surface area contributed by atoms with Gasteiger partial charge in [0.15, 0.2) is 5.16 Å². The van der Waals surface area contributed by atoms with Gasteiger partial charge in [-0.05, 0) is 53.1 Å². The molecule has 0 radical (unpaired) electrons. The van der Waals surface area contributed by atoms with Crippen LogP contribution in [0.2, 0.25) is 5.15 Å². The summed E-state index contributed by atoms with van der Waals surface area (Å²) in [7, 11) is 0. The highest BCUT2D eigenvalue weighted by molar-refractivity contribution is 14.1. The summed E-state index contributed by atoms with van der Waals surface area (Å²) in [6.07, 6.45) is 1.89. The van der Waals surface area contributed by atoms with Gasteiger partial charge in [0.2, 0.25) is 5.88 Å². The molecule has 2 rings (SSSR count). The molecule has 3 nitrogen and oxygen atoms in total. The maximum atomic E-state index is 5.87. The van der Waals surface area contributed by atoms with Gasteiger partial charge in [-0.2, -0.15) is 4.98 Å². The Morgan fingerprint density at radius 1 is 1.24 bits per heavy atom. The summed E-state index contributed by atoms with van der Waals surface area (Å²) in [5, 5.41) is 0.975. The third-order valence-electron chi connectivity index (χ3n) is 1.87. The molecule has 0 unspecified atom stereocenters. The van der Waals surface area contributed by atoms with Crippen molar-refractivity contribution in [3.05, 3.63) is 39.1 Å². The fraction of sp³-hybridized carbons (Fsp3) is 0.0909. The fourth-order valence-corrected chi connectivity index (χ4v) is 2.10. The molecule has 0 amide bonds. The van der Waals surface area contributed by atoms with Crippen molar-refractivity contribution in [3.63, 3.8) is 0 Å². The van der Waals surface area contributed by atoms with Gasteiger partial charge in [-0.25, -0.2) is 4.98 Å². The number of ether oxygens (including phenoxy) is 1. The Kier molecular flexibility index (Phi) is 4.47. The molecule has 0 atom stereocenters. The predicted octanol–water partition coefficient (Wildman–Crippen LogP) is 4.25. The van der Waals surface area contributed by atoms with Gasteiger partial charge in [-0.3, -0.25) is 0 Å². The van der Waals surface area contributed by atoms with Gasteiger partial charge in [0, 0.05) is 9.64 Å². The number of thioether (sulfide) groups is 1. The van der Waals surface area contributed by atoms with Crippen LogP contribution in [-0.4, -0.2) is 16.2 Å². The summed E-state index contributed by atoms with van der Waals surface area (Å²) >= 11 is 9.54. The smallest absolute Gasteiger partial charge is 0.224 e. The molecule has 88 valence electrons. The van der Waals surface area contributed by atoms with Crippen molar-refractivity contribution >= 4 is 46.0 Å². The van der Waals surface area contributed by atoms with Crippen molar-refractivity contribution in [2.75, 3.05) is 6.26 Å². The van der Waals surface area contributed by atoms with E-state index in [-0.39, 0.29) is 0 Å². The van der Waals surface area contributed by atoms with E-state index in [0.717, 1.165) is 9.32 Å². The summed E-state index contributed by atoms with van der Waals surface area (Å²) in [6, 6.07) is 9.30. The van der Waals surface area contributed by atoms with Crippen molar-refractivity contribution in [1.29, 1.82) is 0 Å². The van der Waals surface area contributed by atoms with E-state index in [9.17, 15) is 0 Å². The van der Waals surface area contributed by atoms with Crippen molar-refractivity contribution in [2.24, 2.45) is 0 Å². The van der Waals surface area contributed by atoms with Gasteiger partial charge in [0.1, 0.15) is 10.9 Å². The molecule has 0 saturated heterocycles. The van der Waals surface area contributed by atoms with Crippen LogP contribution in [0.4, 0.5) is 0 Å². The first-order chi connectivity index (χ1) is 8.17. The third-order valence-corrected chi connectivity index (χ3v) is 3.33. The average molecular weight is 379 g/mol. The molecule has 1 aromatic carbocycles. The van der Waals surface area contributed by atoms with E-state index in [2.05, 4.69) is 32.6 Å². The number of hydrogen-bond acceptors (Lipinski definition) is 4. The summed E-state index contributed by atoms with van der Waals surface area (Å²) in [5.74, 6) is 1.18. The zero-order valence-corrected chi connectivity index (χ0v) is 12.6. The normalized spacial score (nSPS) is 10.3. The van der Waals surface area contributed by atoms with Crippen LogP contribution in [0.1, 0.15) is 0 Å². The topological polar surface area (TPSA) is 35.0 Å². The number of halogens is 2. The molecule has 0 aliphatic carbocycles. The molecule has 17 heavy (non-hydrogen) atoms. The minimum atomic E-state index is 0.380. The average Bonchev–Trinajstić information content (AvgIpc) is 2.31. The second-order valence-corrected chi connectivity index (χ2v) is 5.48. The maximum absolute atomic E-state index is 5.87. The molecule has 0 bridgehead atoms. The highest BCUT2D eigenvalue weighted by Gasteiger charge is 2.04. The molecule has 0 fully saturated rings. The van der Waals surface area contributed by atoms with Crippen molar-refractivity contribution in [3.8, 4) is 11.6 Å². The number of benzene rings is 1. The minimum Gasteiger partial charge on any atom is -0.439 e. The van der Waals surface area contributed by atoms with Gasteiger partial charge in [0.05, 0.1) is 0 Å². The molecule has 1 aromatic heterocycles. The van der Waals surface area contributed by atoms with Crippen LogP contribution in [0.15, 0.2) is 35.5 Å². The molecule has 2 aromatic rings. The van der Waals surface area contributed by atoms with Gasteiger partial charge in [0.25, 0.3) is 0 Å². The lowest BCUT2D eigenvalue weighted by atomic mass is 10.3. The molecule has 0 spiro atoms. The van der Waals surface area contributed by atoms with E-state index < -0.39 is 0 Å². The van der Waals surface area contributed by atoms with Gasteiger partial charge >= 0.3 is 0 Å². The molecule has 0 aliphatic rings. The summed E-state index contributed by atoms with van der Waals surface area (Å²) < 4.78 is 6.76. The lowest BCUT2D eigenvalue weighted by Gasteiger charge is -2.05. The lowest BCUT2D eigenvalue weighted by Crippen LogP contribution is -1.92. The van der Waals surface area contributed by atoms with E-state index >= 15 is 0 Å². The first-order valence-electron chi connectivity index (χ1n) is 4.69. The van der Waals surface area contributed by atoms with Crippen LogP contribution in [0.25, 0.3) is 0 Å². The van der Waals surface area contributed by atoms with E-state index in [0.29, 0.717) is 16.2 Å². The standard InChI is InChI=1S/C11H8ClIN2OS/c1-17-11-14-9(12)6-10(15-11)16-8-4-2-7(13)3-5-8/h2-6H,1H3. The quantitative estimate of drug-likeness (QED) is 0.346. The van der Waals surface area contributed by atoms with E-state index in [1.165, 1.54) is 11.8 Å². The molecule has 6 heteroatoms. The highest BCUT2D eigenvalue weighted by Crippen LogP contribution is 2.24. The Bertz CT molecular complexity index is 521. The zero-order chi connectivity index (χ0) is 12.3. The van der Waals surface area contributed by atoms with Crippen LogP contribution in [0.5, 0.6) is 11.6 Å². The minimum absolute atomic E-state index is 0.380. The SMILES string of the molecule is CSc1nc(Cl)cc(Oc2ccc(I)cc2)n1. The van der Waals surface area contributed by atoms with Gasteiger partial charge in [-0.15, -0.1) is 0 Å². The lowest BCUT2D eigenvalue weighted by molar-refractivity contribution is 0.455. The molecule has 0 aliphatic heterocycles. The summed E-state index contributed by atoms with van der Waals surface area (Å²) in [6.45, 7) is 0. The molecule has 0 saturated carbocycles. The summed E-state index contributed by atoms with van der Waals surface area (Å²) in [5.41, 5.74) is 0. The fourth-order valence-electron chi connectivity index (χ4n) is 1.14. The van der Waals surface area contributed by atoms with Crippen LogP contribution in [-0.2, 0) is 0 Å². The van der Waals surface area contributed by atoms with E-state index in [1.807, 2.05) is 30.5 Å². The molecule has 1 heterocycles. The first-order valence-corrected chi connectivity index (χ1v) is 7.37. The zero-order valence-electron chi connectivity index (χ0n) is 8.85. The Morgan fingerprint density at radius 3 is 2.59 bits per heavy atom. The van der Waals surface area contributed by atoms with Crippen LogP contribution in [0, 0.1) is 3.57 Å². The molecule has 0 N–H and O–H groups in total. The third kappa shape index (κ3) is 3.72. The van der Waals surface area contributed by atoms with Crippen molar-refractivity contribution in [2.45, 2.75) is 5.16 Å². The number of hydrogen-bond donors (Lipinski definition) is 0. The summed E-state index contributed by atoms with van der Waals surface area (Å²) in [4.78, 5) is 8.26.